The number of carbonyl (C=O) groups excluding carboxylic acids is 1. The number of amides is 1. The summed E-state index contributed by atoms with van der Waals surface area (Å²) in [6.07, 6.45) is 4.26. The molecule has 0 radical (unpaired) electrons. The van der Waals surface area contributed by atoms with Crippen LogP contribution in [0.15, 0.2) is 48.7 Å². The smallest absolute Gasteiger partial charge is 0.221 e. The molecule has 1 unspecified atom stereocenters. The average Bonchev–Trinajstić information content (AvgIpc) is 3.25. The number of hydrogen-bond donors (Lipinski definition) is 2. The van der Waals surface area contributed by atoms with Crippen LogP contribution < -0.4 is 5.32 Å². The fourth-order valence-electron chi connectivity index (χ4n) is 3.83. The Morgan fingerprint density at radius 3 is 2.85 bits per heavy atom. The van der Waals surface area contributed by atoms with Crippen molar-refractivity contribution in [3.05, 3.63) is 59.8 Å². The summed E-state index contributed by atoms with van der Waals surface area (Å²) in [5, 5.41) is 11.1. The third-order valence-corrected chi connectivity index (χ3v) is 5.08. The Bertz CT molecular complexity index is 900. The first-order chi connectivity index (χ1) is 12.7. The highest BCUT2D eigenvalue weighted by Crippen LogP contribution is 2.24. The zero-order valence-corrected chi connectivity index (χ0v) is 15.0. The predicted octanol–water partition coefficient (Wildman–Crippen LogP) is 3.59. The summed E-state index contributed by atoms with van der Waals surface area (Å²) >= 11 is 0. The van der Waals surface area contributed by atoms with E-state index in [1.54, 1.807) is 0 Å². The maximum atomic E-state index is 11.1. The van der Waals surface area contributed by atoms with Crippen LogP contribution in [0, 0.1) is 5.92 Å². The van der Waals surface area contributed by atoms with Gasteiger partial charge in [0.15, 0.2) is 0 Å². The Kier molecular flexibility index (Phi) is 4.71. The largest absolute Gasteiger partial charge is 0.326 e. The number of carbonyl (C=O) groups is 1. The molecule has 2 N–H and O–H groups in total. The van der Waals surface area contributed by atoms with Crippen molar-refractivity contribution in [2.45, 2.75) is 26.3 Å². The third-order valence-electron chi connectivity index (χ3n) is 5.08. The van der Waals surface area contributed by atoms with Crippen molar-refractivity contribution in [3.8, 4) is 0 Å². The summed E-state index contributed by atoms with van der Waals surface area (Å²) in [4.78, 5) is 13.6. The van der Waals surface area contributed by atoms with Crippen LogP contribution in [0.2, 0.25) is 0 Å². The van der Waals surface area contributed by atoms with Gasteiger partial charge in [0.25, 0.3) is 0 Å². The highest BCUT2D eigenvalue weighted by molar-refractivity contribution is 5.88. The number of fused-ring (bicyclic) bond motifs is 1. The monoisotopic (exact) mass is 348 g/mol. The summed E-state index contributed by atoms with van der Waals surface area (Å²) in [6.45, 7) is 4.78. The first-order valence-corrected chi connectivity index (χ1v) is 9.16. The van der Waals surface area contributed by atoms with Crippen molar-refractivity contribution in [2.24, 2.45) is 5.92 Å². The second kappa shape index (κ2) is 7.30. The molecule has 26 heavy (non-hydrogen) atoms. The molecule has 1 atom stereocenters. The number of likely N-dealkylation sites (tertiary alicyclic amines) is 1. The van der Waals surface area contributed by atoms with E-state index in [9.17, 15) is 4.79 Å². The number of aromatic nitrogens is 2. The molecule has 5 heteroatoms. The Hall–Kier alpha value is -2.66. The SMILES string of the molecule is CC(=O)Nc1ccc(CN2CCC(Cc3ccc4[nH]ncc4c3)C2)cc1. The van der Waals surface area contributed by atoms with Crippen molar-refractivity contribution in [1.29, 1.82) is 0 Å². The van der Waals surface area contributed by atoms with Gasteiger partial charge in [-0.2, -0.15) is 5.10 Å². The van der Waals surface area contributed by atoms with Crippen molar-refractivity contribution in [3.63, 3.8) is 0 Å². The van der Waals surface area contributed by atoms with Gasteiger partial charge in [-0.1, -0.05) is 18.2 Å². The molecule has 0 saturated carbocycles. The van der Waals surface area contributed by atoms with E-state index in [0.717, 1.165) is 37.3 Å². The van der Waals surface area contributed by atoms with Crippen molar-refractivity contribution >= 4 is 22.5 Å². The number of aromatic amines is 1. The molecule has 1 aliphatic rings. The maximum Gasteiger partial charge on any atom is 0.221 e. The average molecular weight is 348 g/mol. The molecule has 0 bridgehead atoms. The topological polar surface area (TPSA) is 61.0 Å². The van der Waals surface area contributed by atoms with Gasteiger partial charge in [-0.3, -0.25) is 14.8 Å². The van der Waals surface area contributed by atoms with Crippen LogP contribution in [0.25, 0.3) is 10.9 Å². The predicted molar refractivity (Wildman–Crippen MR) is 104 cm³/mol. The minimum Gasteiger partial charge on any atom is -0.326 e. The van der Waals surface area contributed by atoms with Crippen LogP contribution in [-0.2, 0) is 17.8 Å². The minimum atomic E-state index is -0.0336. The van der Waals surface area contributed by atoms with Gasteiger partial charge >= 0.3 is 0 Å². The van der Waals surface area contributed by atoms with Crippen LogP contribution >= 0.6 is 0 Å². The molecule has 5 nitrogen and oxygen atoms in total. The van der Waals surface area contributed by atoms with E-state index in [-0.39, 0.29) is 5.91 Å². The molecule has 1 fully saturated rings. The van der Waals surface area contributed by atoms with Gasteiger partial charge in [-0.15, -0.1) is 0 Å². The van der Waals surface area contributed by atoms with Gasteiger partial charge in [0.05, 0.1) is 11.7 Å². The molecule has 0 spiro atoms. The number of hydrogen-bond acceptors (Lipinski definition) is 3. The Balaban J connectivity index is 1.32. The van der Waals surface area contributed by atoms with Gasteiger partial charge < -0.3 is 5.32 Å². The molecular formula is C21H24N4O. The molecule has 3 aromatic rings. The van der Waals surface area contributed by atoms with E-state index >= 15 is 0 Å². The number of nitrogens with one attached hydrogen (secondary N) is 2. The minimum absolute atomic E-state index is 0.0336. The van der Waals surface area contributed by atoms with E-state index in [0.29, 0.717) is 5.92 Å². The molecule has 1 aliphatic heterocycles. The lowest BCUT2D eigenvalue weighted by Gasteiger charge is -2.16. The van der Waals surface area contributed by atoms with Crippen LogP contribution in [0.3, 0.4) is 0 Å². The third kappa shape index (κ3) is 3.94. The zero-order valence-electron chi connectivity index (χ0n) is 15.0. The fraction of sp³-hybridized carbons (Fsp3) is 0.333. The number of benzene rings is 2. The molecule has 1 aromatic heterocycles. The summed E-state index contributed by atoms with van der Waals surface area (Å²) in [7, 11) is 0. The highest BCUT2D eigenvalue weighted by Gasteiger charge is 2.22. The maximum absolute atomic E-state index is 11.1. The lowest BCUT2D eigenvalue weighted by Crippen LogP contribution is -2.20. The van der Waals surface area contributed by atoms with Gasteiger partial charge in [-0.05, 0) is 60.7 Å². The normalized spacial score (nSPS) is 17.7. The lowest BCUT2D eigenvalue weighted by molar-refractivity contribution is -0.114. The molecular weight excluding hydrogens is 324 g/mol. The Morgan fingerprint density at radius 1 is 1.23 bits per heavy atom. The fourth-order valence-corrected chi connectivity index (χ4v) is 3.83. The standard InChI is InChI=1S/C21H24N4O/c1-15(26)23-20-5-2-16(3-6-20)13-25-9-8-18(14-25)10-17-4-7-21-19(11-17)12-22-24-21/h2-7,11-12,18H,8-10,13-14H2,1H3,(H,22,24)(H,23,26). The van der Waals surface area contributed by atoms with Crippen LogP contribution in [0.1, 0.15) is 24.5 Å². The molecule has 4 rings (SSSR count). The lowest BCUT2D eigenvalue weighted by atomic mass is 9.98. The summed E-state index contributed by atoms with van der Waals surface area (Å²) in [5.41, 5.74) is 4.64. The van der Waals surface area contributed by atoms with Crippen molar-refractivity contribution in [2.75, 3.05) is 18.4 Å². The van der Waals surface area contributed by atoms with Gasteiger partial charge in [0.2, 0.25) is 5.91 Å². The zero-order chi connectivity index (χ0) is 17.9. The molecule has 0 aliphatic carbocycles. The molecule has 1 saturated heterocycles. The second-order valence-electron chi connectivity index (χ2n) is 7.26. The van der Waals surface area contributed by atoms with Crippen molar-refractivity contribution < 1.29 is 4.79 Å². The number of anilines is 1. The number of H-pyrrole nitrogens is 1. The van der Waals surface area contributed by atoms with Crippen molar-refractivity contribution in [1.82, 2.24) is 15.1 Å². The number of rotatable bonds is 5. The second-order valence-corrected chi connectivity index (χ2v) is 7.26. The van der Waals surface area contributed by atoms with E-state index in [1.807, 2.05) is 18.3 Å². The van der Waals surface area contributed by atoms with E-state index in [2.05, 4.69) is 50.7 Å². The highest BCUT2D eigenvalue weighted by atomic mass is 16.1. The molecule has 1 amide bonds. The summed E-state index contributed by atoms with van der Waals surface area (Å²) < 4.78 is 0. The quantitative estimate of drug-likeness (QED) is 0.741. The van der Waals surface area contributed by atoms with Crippen LogP contribution in [0.4, 0.5) is 5.69 Å². The van der Waals surface area contributed by atoms with Crippen LogP contribution in [0.5, 0.6) is 0 Å². The van der Waals surface area contributed by atoms with Gasteiger partial charge in [0.1, 0.15) is 0 Å². The van der Waals surface area contributed by atoms with Gasteiger partial charge in [0, 0.05) is 31.1 Å². The first kappa shape index (κ1) is 16.8. The molecule has 2 heterocycles. The summed E-state index contributed by atoms with van der Waals surface area (Å²) in [6, 6.07) is 14.7. The Morgan fingerprint density at radius 2 is 2.04 bits per heavy atom. The molecule has 2 aromatic carbocycles. The van der Waals surface area contributed by atoms with Crippen LogP contribution in [-0.4, -0.2) is 34.1 Å². The Labute approximate surface area is 153 Å². The van der Waals surface area contributed by atoms with E-state index < -0.39 is 0 Å². The van der Waals surface area contributed by atoms with E-state index in [4.69, 9.17) is 0 Å². The first-order valence-electron chi connectivity index (χ1n) is 9.16. The number of nitrogens with zero attached hydrogens (tertiary/aromatic N) is 2. The molecule has 134 valence electrons. The van der Waals surface area contributed by atoms with Gasteiger partial charge in [-0.25, -0.2) is 0 Å². The summed E-state index contributed by atoms with van der Waals surface area (Å²) in [5.74, 6) is 0.673. The van der Waals surface area contributed by atoms with E-state index in [1.165, 1.54) is 29.9 Å².